The third kappa shape index (κ3) is 6.34. The van der Waals surface area contributed by atoms with Gasteiger partial charge < -0.3 is 15.4 Å². The lowest BCUT2D eigenvalue weighted by Crippen LogP contribution is -2.23. The van der Waals surface area contributed by atoms with Crippen molar-refractivity contribution in [3.63, 3.8) is 0 Å². The van der Waals surface area contributed by atoms with E-state index >= 15 is 0 Å². The lowest BCUT2D eigenvalue weighted by molar-refractivity contribution is -0.144. The number of rotatable bonds is 7. The predicted octanol–water partition coefficient (Wildman–Crippen LogP) is 0.448. The molecule has 2 rings (SSSR count). The number of sulfone groups is 1. The van der Waals surface area contributed by atoms with Crippen molar-refractivity contribution >= 4 is 45.1 Å². The Morgan fingerprint density at radius 1 is 1.31 bits per heavy atom. The van der Waals surface area contributed by atoms with Gasteiger partial charge in [0.25, 0.3) is 11.8 Å². The summed E-state index contributed by atoms with van der Waals surface area (Å²) in [5, 5.41) is 4.92. The van der Waals surface area contributed by atoms with E-state index in [2.05, 4.69) is 10.6 Å². The second-order valence-electron chi connectivity index (χ2n) is 5.70. The Bertz CT molecular complexity index is 794. The van der Waals surface area contributed by atoms with Crippen LogP contribution in [0.25, 0.3) is 0 Å². The monoisotopic (exact) mass is 400 g/mol. The summed E-state index contributed by atoms with van der Waals surface area (Å²) >= 11 is 1.23. The van der Waals surface area contributed by atoms with Crippen LogP contribution in [-0.2, 0) is 24.2 Å². The van der Waals surface area contributed by atoms with Crippen LogP contribution >= 0.6 is 11.8 Å². The van der Waals surface area contributed by atoms with E-state index in [1.54, 1.807) is 18.2 Å². The minimum Gasteiger partial charge on any atom is -0.455 e. The van der Waals surface area contributed by atoms with Crippen molar-refractivity contribution in [3.05, 3.63) is 29.8 Å². The van der Waals surface area contributed by atoms with E-state index in [4.69, 9.17) is 4.74 Å². The molecule has 1 aliphatic rings. The standard InChI is InChI=1S/C16H20N2O6S2/c1-17-16(21)11-3-2-4-12(7-11)18-14(19)8-24-15(20)9-25-13-5-6-26(22,23)10-13/h2-4,7,13H,5-6,8-10H2,1H3,(H,17,21)(H,18,19)/t13-/m0/s1. The first-order valence-corrected chi connectivity index (χ1v) is 10.8. The van der Waals surface area contributed by atoms with Crippen LogP contribution in [0.2, 0.25) is 0 Å². The second kappa shape index (κ2) is 9.04. The molecule has 0 aliphatic carbocycles. The van der Waals surface area contributed by atoms with Crippen molar-refractivity contribution in [1.82, 2.24) is 5.32 Å². The molecule has 1 fully saturated rings. The van der Waals surface area contributed by atoms with Crippen molar-refractivity contribution < 1.29 is 27.5 Å². The summed E-state index contributed by atoms with van der Waals surface area (Å²) in [5.74, 6) is -1.16. The molecule has 1 heterocycles. The number of carbonyl (C=O) groups is 3. The molecule has 2 amide bonds. The lowest BCUT2D eigenvalue weighted by atomic mass is 10.2. The molecule has 0 unspecified atom stereocenters. The maximum absolute atomic E-state index is 11.8. The van der Waals surface area contributed by atoms with Gasteiger partial charge >= 0.3 is 5.97 Å². The predicted molar refractivity (Wildman–Crippen MR) is 98.9 cm³/mol. The SMILES string of the molecule is CNC(=O)c1cccc(NC(=O)COC(=O)CS[C@H]2CCS(=O)(=O)C2)c1. The maximum Gasteiger partial charge on any atom is 0.316 e. The highest BCUT2D eigenvalue weighted by atomic mass is 32.2. The minimum absolute atomic E-state index is 0.000374. The third-order valence-electron chi connectivity index (χ3n) is 3.63. The number of hydrogen-bond donors (Lipinski definition) is 2. The van der Waals surface area contributed by atoms with Gasteiger partial charge in [0.1, 0.15) is 0 Å². The molecule has 2 N–H and O–H groups in total. The van der Waals surface area contributed by atoms with E-state index in [1.807, 2.05) is 0 Å². The van der Waals surface area contributed by atoms with Gasteiger partial charge in [-0.1, -0.05) is 6.07 Å². The van der Waals surface area contributed by atoms with E-state index in [0.717, 1.165) is 0 Å². The highest BCUT2D eigenvalue weighted by Gasteiger charge is 2.28. The average molecular weight is 400 g/mol. The van der Waals surface area contributed by atoms with Crippen LogP contribution in [0.5, 0.6) is 0 Å². The number of thioether (sulfide) groups is 1. The Morgan fingerprint density at radius 3 is 2.73 bits per heavy atom. The molecule has 1 atom stereocenters. The Kier molecular flexibility index (Phi) is 7.04. The smallest absolute Gasteiger partial charge is 0.316 e. The van der Waals surface area contributed by atoms with Gasteiger partial charge in [-0.3, -0.25) is 14.4 Å². The molecular weight excluding hydrogens is 380 g/mol. The molecule has 1 aliphatic heterocycles. The highest BCUT2D eigenvalue weighted by Crippen LogP contribution is 2.24. The van der Waals surface area contributed by atoms with Crippen LogP contribution in [0.15, 0.2) is 24.3 Å². The number of benzene rings is 1. The molecule has 0 spiro atoms. The fourth-order valence-electron chi connectivity index (χ4n) is 2.35. The summed E-state index contributed by atoms with van der Waals surface area (Å²) < 4.78 is 27.6. The Labute approximate surface area is 156 Å². The number of carbonyl (C=O) groups excluding carboxylic acids is 3. The molecule has 142 valence electrons. The van der Waals surface area contributed by atoms with Crippen molar-refractivity contribution in [1.29, 1.82) is 0 Å². The molecule has 1 aromatic carbocycles. The number of hydrogen-bond acceptors (Lipinski definition) is 7. The van der Waals surface area contributed by atoms with Crippen LogP contribution < -0.4 is 10.6 Å². The molecular formula is C16H20N2O6S2. The van der Waals surface area contributed by atoms with Gasteiger partial charge in [-0.05, 0) is 24.6 Å². The average Bonchev–Trinajstić information content (AvgIpc) is 2.96. The Balaban J connectivity index is 1.73. The van der Waals surface area contributed by atoms with Gasteiger partial charge in [0.2, 0.25) is 0 Å². The molecule has 0 radical (unpaired) electrons. The number of amides is 2. The zero-order valence-electron chi connectivity index (χ0n) is 14.2. The van der Waals surface area contributed by atoms with E-state index in [0.29, 0.717) is 17.7 Å². The quantitative estimate of drug-likeness (QED) is 0.638. The fourth-order valence-corrected chi connectivity index (χ4v) is 5.78. The first kappa shape index (κ1) is 20.2. The molecule has 0 bridgehead atoms. The van der Waals surface area contributed by atoms with E-state index in [9.17, 15) is 22.8 Å². The maximum atomic E-state index is 11.8. The summed E-state index contributed by atoms with van der Waals surface area (Å²) in [5.41, 5.74) is 0.808. The molecule has 26 heavy (non-hydrogen) atoms. The Morgan fingerprint density at radius 2 is 2.08 bits per heavy atom. The Hall–Kier alpha value is -2.07. The highest BCUT2D eigenvalue weighted by molar-refractivity contribution is 8.02. The van der Waals surface area contributed by atoms with Crippen molar-refractivity contribution in [2.75, 3.05) is 36.2 Å². The first-order chi connectivity index (χ1) is 12.3. The normalized spacial score (nSPS) is 18.1. The van der Waals surface area contributed by atoms with Crippen LogP contribution in [0.3, 0.4) is 0 Å². The number of esters is 1. The largest absolute Gasteiger partial charge is 0.455 e. The van der Waals surface area contributed by atoms with Gasteiger partial charge in [-0.2, -0.15) is 0 Å². The van der Waals surface area contributed by atoms with Gasteiger partial charge in [-0.25, -0.2) is 8.42 Å². The molecule has 8 nitrogen and oxygen atoms in total. The van der Waals surface area contributed by atoms with E-state index in [1.165, 1.54) is 24.9 Å². The van der Waals surface area contributed by atoms with Crippen LogP contribution in [0.1, 0.15) is 16.8 Å². The van der Waals surface area contributed by atoms with Gasteiger partial charge in [0.15, 0.2) is 16.4 Å². The number of nitrogens with one attached hydrogen (secondary N) is 2. The van der Waals surface area contributed by atoms with Crippen molar-refractivity contribution in [2.24, 2.45) is 0 Å². The molecule has 1 saturated heterocycles. The summed E-state index contributed by atoms with van der Waals surface area (Å²) in [7, 11) is -1.47. The van der Waals surface area contributed by atoms with Crippen LogP contribution in [-0.4, -0.2) is 62.4 Å². The summed E-state index contributed by atoms with van der Waals surface area (Å²) in [6.07, 6.45) is 0.530. The van der Waals surface area contributed by atoms with Gasteiger partial charge in [0, 0.05) is 23.5 Å². The van der Waals surface area contributed by atoms with E-state index in [-0.39, 0.29) is 28.4 Å². The van der Waals surface area contributed by atoms with E-state index < -0.39 is 28.3 Å². The molecule has 1 aromatic rings. The fraction of sp³-hybridized carbons (Fsp3) is 0.438. The van der Waals surface area contributed by atoms with Gasteiger partial charge in [-0.15, -0.1) is 11.8 Å². The molecule has 0 saturated carbocycles. The number of ether oxygens (including phenoxy) is 1. The van der Waals surface area contributed by atoms with Crippen molar-refractivity contribution in [2.45, 2.75) is 11.7 Å². The van der Waals surface area contributed by atoms with Crippen LogP contribution in [0, 0.1) is 0 Å². The summed E-state index contributed by atoms with van der Waals surface area (Å²) in [4.78, 5) is 35.1. The molecule has 0 aromatic heterocycles. The zero-order valence-corrected chi connectivity index (χ0v) is 15.8. The van der Waals surface area contributed by atoms with Crippen LogP contribution in [0.4, 0.5) is 5.69 Å². The topological polar surface area (TPSA) is 119 Å². The number of anilines is 1. The molecule has 10 heteroatoms. The summed E-state index contributed by atoms with van der Waals surface area (Å²) in [6.45, 7) is -0.452. The van der Waals surface area contributed by atoms with Gasteiger partial charge in [0.05, 0.1) is 17.3 Å². The third-order valence-corrected chi connectivity index (χ3v) is 6.88. The first-order valence-electron chi connectivity index (χ1n) is 7.89. The van der Waals surface area contributed by atoms with Crippen molar-refractivity contribution in [3.8, 4) is 0 Å². The second-order valence-corrected chi connectivity index (χ2v) is 9.22. The zero-order chi connectivity index (χ0) is 19.2. The minimum atomic E-state index is -2.98. The lowest BCUT2D eigenvalue weighted by Gasteiger charge is -2.09. The summed E-state index contributed by atoms with van der Waals surface area (Å²) in [6, 6.07) is 6.35.